The largest absolute Gasteiger partial charge is 0.445 e. The van der Waals surface area contributed by atoms with E-state index in [0.717, 1.165) is 16.0 Å². The number of non-ortho nitro benzene ring substituents is 1. The molecule has 0 radical (unpaired) electrons. The van der Waals surface area contributed by atoms with Crippen molar-refractivity contribution < 1.29 is 28.8 Å². The summed E-state index contributed by atoms with van der Waals surface area (Å²) in [7, 11) is 0. The highest BCUT2D eigenvalue weighted by Gasteiger charge is 2.38. The van der Waals surface area contributed by atoms with Crippen LogP contribution in [0.15, 0.2) is 91.0 Å². The Kier molecular flexibility index (Phi) is 6.79. The van der Waals surface area contributed by atoms with Crippen LogP contribution in [0, 0.1) is 24.0 Å². The Morgan fingerprint density at radius 1 is 0.775 bits per heavy atom. The Morgan fingerprint density at radius 3 is 2.10 bits per heavy atom. The number of aryl methyl sites for hydroxylation is 2. The van der Waals surface area contributed by atoms with Gasteiger partial charge in [-0.15, -0.1) is 0 Å². The summed E-state index contributed by atoms with van der Waals surface area (Å²) in [5.74, 6) is -2.52. The topological polar surface area (TPSA) is 124 Å². The van der Waals surface area contributed by atoms with Crippen molar-refractivity contribution in [3.63, 3.8) is 0 Å². The van der Waals surface area contributed by atoms with Gasteiger partial charge in [-0.05, 0) is 67.4 Å². The second-order valence-electron chi connectivity index (χ2n) is 9.34. The molecule has 1 atom stereocenters. The van der Waals surface area contributed by atoms with Crippen LogP contribution >= 0.6 is 0 Å². The van der Waals surface area contributed by atoms with Gasteiger partial charge in [0.05, 0.1) is 27.3 Å². The van der Waals surface area contributed by atoms with Gasteiger partial charge in [-0.1, -0.05) is 36.4 Å². The fourth-order valence-corrected chi connectivity index (χ4v) is 4.44. The molecule has 0 aliphatic carbocycles. The van der Waals surface area contributed by atoms with E-state index in [9.17, 15) is 29.3 Å². The molecule has 0 saturated heterocycles. The lowest BCUT2D eigenvalue weighted by molar-refractivity contribution is -0.384. The molecule has 4 aromatic carbocycles. The highest BCUT2D eigenvalue weighted by molar-refractivity contribution is 6.34. The molecule has 0 saturated carbocycles. The van der Waals surface area contributed by atoms with Gasteiger partial charge in [0.2, 0.25) is 5.78 Å². The zero-order chi connectivity index (χ0) is 28.6. The lowest BCUT2D eigenvalue weighted by Crippen LogP contribution is -2.29. The highest BCUT2D eigenvalue weighted by atomic mass is 16.6. The monoisotopic (exact) mass is 534 g/mol. The number of imide groups is 1. The number of nitro benzene ring substituents is 1. The summed E-state index contributed by atoms with van der Waals surface area (Å²) in [4.78, 5) is 64.5. The van der Waals surface area contributed by atoms with Crippen molar-refractivity contribution in [2.75, 3.05) is 4.90 Å². The Bertz CT molecular complexity index is 1700. The molecule has 5 rings (SSSR count). The summed E-state index contributed by atoms with van der Waals surface area (Å²) < 4.78 is 5.63. The Hall–Kier alpha value is -5.44. The molecule has 198 valence electrons. The van der Waals surface area contributed by atoms with Gasteiger partial charge in [0.1, 0.15) is 0 Å². The minimum Gasteiger partial charge on any atom is -0.445 e. The van der Waals surface area contributed by atoms with Crippen LogP contribution in [0.25, 0.3) is 0 Å². The molecule has 1 aliphatic rings. The average Bonchev–Trinajstić information content (AvgIpc) is 3.22. The SMILES string of the molecule is Cc1ccc(N2C(=O)c3ccc(C(=O)O[C@H](C(=O)c4ccccc4)c4ccc([N+](=O)[O-])cc4)cc3C2=O)cc1C. The first-order chi connectivity index (χ1) is 19.2. The van der Waals surface area contributed by atoms with Gasteiger partial charge in [-0.25, -0.2) is 9.69 Å². The number of fused-ring (bicyclic) bond motifs is 1. The number of carbonyl (C=O) groups is 4. The number of nitro groups is 1. The van der Waals surface area contributed by atoms with Crippen LogP contribution in [0.2, 0.25) is 0 Å². The third-order valence-corrected chi connectivity index (χ3v) is 6.80. The predicted octanol–water partition coefficient (Wildman–Crippen LogP) is 5.79. The summed E-state index contributed by atoms with van der Waals surface area (Å²) >= 11 is 0. The van der Waals surface area contributed by atoms with Crippen molar-refractivity contribution in [3.8, 4) is 0 Å². The van der Waals surface area contributed by atoms with E-state index >= 15 is 0 Å². The molecule has 0 bridgehead atoms. The van der Waals surface area contributed by atoms with Crippen LogP contribution in [0.3, 0.4) is 0 Å². The summed E-state index contributed by atoms with van der Waals surface area (Å²) in [6.07, 6.45) is -1.41. The number of ketones is 1. The minimum absolute atomic E-state index is 0.0328. The zero-order valence-corrected chi connectivity index (χ0v) is 21.5. The van der Waals surface area contributed by atoms with Crippen molar-refractivity contribution in [2.45, 2.75) is 20.0 Å². The van der Waals surface area contributed by atoms with Gasteiger partial charge in [-0.2, -0.15) is 0 Å². The summed E-state index contributed by atoms with van der Waals surface area (Å²) in [6.45, 7) is 3.80. The van der Waals surface area contributed by atoms with Crippen molar-refractivity contribution >= 4 is 34.9 Å². The number of nitrogens with zero attached hydrogens (tertiary/aromatic N) is 2. The van der Waals surface area contributed by atoms with E-state index in [0.29, 0.717) is 5.69 Å². The summed E-state index contributed by atoms with van der Waals surface area (Å²) in [6, 6.07) is 22.6. The zero-order valence-electron chi connectivity index (χ0n) is 21.5. The molecule has 9 heteroatoms. The molecule has 1 heterocycles. The summed E-state index contributed by atoms with van der Waals surface area (Å²) in [5.41, 5.74) is 2.83. The van der Waals surface area contributed by atoms with E-state index in [1.165, 1.54) is 42.5 Å². The fraction of sp³-hybridized carbons (Fsp3) is 0.0968. The molecule has 2 amide bonds. The van der Waals surface area contributed by atoms with E-state index in [1.807, 2.05) is 19.9 Å². The number of benzene rings is 4. The van der Waals surface area contributed by atoms with Crippen LogP contribution in [0.4, 0.5) is 11.4 Å². The first-order valence-electron chi connectivity index (χ1n) is 12.3. The number of esters is 1. The van der Waals surface area contributed by atoms with E-state index in [1.54, 1.807) is 42.5 Å². The molecular weight excluding hydrogens is 512 g/mol. The molecule has 1 aliphatic heterocycles. The minimum atomic E-state index is -1.41. The maximum atomic E-state index is 13.3. The number of Topliss-reactive ketones (excluding diaryl/α,β-unsaturated/α-hetero) is 1. The quantitative estimate of drug-likeness (QED) is 0.0966. The average molecular weight is 535 g/mol. The predicted molar refractivity (Wildman–Crippen MR) is 146 cm³/mol. The number of ether oxygens (including phenoxy) is 1. The van der Waals surface area contributed by atoms with Gasteiger partial charge >= 0.3 is 5.97 Å². The molecule has 0 aromatic heterocycles. The van der Waals surface area contributed by atoms with E-state index < -0.39 is 34.6 Å². The number of anilines is 1. The third-order valence-electron chi connectivity index (χ3n) is 6.80. The van der Waals surface area contributed by atoms with Crippen LogP contribution < -0.4 is 4.90 Å². The first kappa shape index (κ1) is 26.2. The molecule has 0 unspecified atom stereocenters. The lowest BCUT2D eigenvalue weighted by Gasteiger charge is -2.18. The van der Waals surface area contributed by atoms with Gasteiger partial charge in [0, 0.05) is 23.3 Å². The normalized spacial score (nSPS) is 13.1. The van der Waals surface area contributed by atoms with E-state index in [-0.39, 0.29) is 33.5 Å². The molecule has 40 heavy (non-hydrogen) atoms. The van der Waals surface area contributed by atoms with Gasteiger partial charge < -0.3 is 4.74 Å². The standard InChI is InChI=1S/C31H22N2O7/c1-18-8-12-24(16-19(18)2)32-29(35)25-15-11-22(17-26(25)30(32)36)31(37)40-28(27(34)20-6-4-3-5-7-20)21-9-13-23(14-10-21)33(38)39/h3-17,28H,1-2H3/t28-/m0/s1. The number of hydrogen-bond acceptors (Lipinski definition) is 7. The Balaban J connectivity index is 1.46. The van der Waals surface area contributed by atoms with Gasteiger partial charge in [0.25, 0.3) is 17.5 Å². The van der Waals surface area contributed by atoms with Crippen molar-refractivity contribution in [3.05, 3.63) is 140 Å². The number of rotatable bonds is 7. The second-order valence-corrected chi connectivity index (χ2v) is 9.34. The Labute approximate surface area is 228 Å². The molecule has 9 nitrogen and oxygen atoms in total. The van der Waals surface area contributed by atoms with Crippen LogP contribution in [-0.4, -0.2) is 28.5 Å². The van der Waals surface area contributed by atoms with Crippen LogP contribution in [0.5, 0.6) is 0 Å². The second kappa shape index (κ2) is 10.4. The summed E-state index contributed by atoms with van der Waals surface area (Å²) in [5, 5.41) is 11.1. The molecular formula is C31H22N2O7. The van der Waals surface area contributed by atoms with Gasteiger partial charge in [0.15, 0.2) is 6.10 Å². The number of amides is 2. The van der Waals surface area contributed by atoms with Crippen LogP contribution in [-0.2, 0) is 4.74 Å². The van der Waals surface area contributed by atoms with Crippen molar-refractivity contribution in [1.29, 1.82) is 0 Å². The van der Waals surface area contributed by atoms with Gasteiger partial charge in [-0.3, -0.25) is 24.5 Å². The molecule has 0 N–H and O–H groups in total. The smallest absolute Gasteiger partial charge is 0.339 e. The Morgan fingerprint density at radius 2 is 1.45 bits per heavy atom. The van der Waals surface area contributed by atoms with Crippen molar-refractivity contribution in [2.24, 2.45) is 0 Å². The number of hydrogen-bond donors (Lipinski definition) is 0. The highest BCUT2D eigenvalue weighted by Crippen LogP contribution is 2.31. The number of carbonyl (C=O) groups excluding carboxylic acids is 4. The first-order valence-corrected chi connectivity index (χ1v) is 12.3. The molecule has 4 aromatic rings. The fourth-order valence-electron chi connectivity index (χ4n) is 4.44. The maximum Gasteiger partial charge on any atom is 0.339 e. The van der Waals surface area contributed by atoms with Crippen LogP contribution in [0.1, 0.15) is 64.2 Å². The molecule has 0 fully saturated rings. The molecule has 0 spiro atoms. The van der Waals surface area contributed by atoms with E-state index in [2.05, 4.69) is 0 Å². The maximum absolute atomic E-state index is 13.3. The van der Waals surface area contributed by atoms with E-state index in [4.69, 9.17) is 4.74 Å². The third kappa shape index (κ3) is 4.76. The van der Waals surface area contributed by atoms with Crippen molar-refractivity contribution in [1.82, 2.24) is 0 Å². The lowest BCUT2D eigenvalue weighted by atomic mass is 9.99.